The molecule has 0 aliphatic carbocycles. The van der Waals surface area contributed by atoms with E-state index in [0.717, 1.165) is 0 Å². The van der Waals surface area contributed by atoms with E-state index < -0.39 is 43.8 Å². The van der Waals surface area contributed by atoms with Crippen LogP contribution in [-0.2, 0) is 9.47 Å². The SMILES string of the molecule is [2H]C(COC1O[C@H](CO)[C@@H](O)[C@H](O)[C@@H]1O)N=C=S. The third-order valence-corrected chi connectivity index (χ3v) is 2.43. The highest BCUT2D eigenvalue weighted by molar-refractivity contribution is 7.78. The van der Waals surface area contributed by atoms with E-state index in [9.17, 15) is 15.3 Å². The van der Waals surface area contributed by atoms with Crippen molar-refractivity contribution < 1.29 is 31.3 Å². The Labute approximate surface area is 105 Å². The number of aliphatic imine (C=N–C) groups is 1. The van der Waals surface area contributed by atoms with Crippen molar-refractivity contribution in [3.63, 3.8) is 0 Å². The summed E-state index contributed by atoms with van der Waals surface area (Å²) >= 11 is 4.31. The maximum absolute atomic E-state index is 9.59. The van der Waals surface area contributed by atoms with Crippen LogP contribution >= 0.6 is 12.2 Å². The zero-order chi connectivity index (χ0) is 13.7. The fourth-order valence-corrected chi connectivity index (χ4v) is 1.49. The standard InChI is InChI=1S/C9H15NO6S/c11-3-5-6(12)7(13)8(14)9(16-5)15-2-1-10-4-17/h5-9,11-14H,1-3H2/t5-,6-,7+,8+,9?/m1/s1/i1D/t1?,5-,6-,7+,8+,9?. The van der Waals surface area contributed by atoms with E-state index >= 15 is 0 Å². The zero-order valence-electron chi connectivity index (χ0n) is 9.84. The number of ether oxygens (including phenoxy) is 2. The van der Waals surface area contributed by atoms with Gasteiger partial charge in [0.1, 0.15) is 24.4 Å². The van der Waals surface area contributed by atoms with Crippen LogP contribution in [0.4, 0.5) is 0 Å². The van der Waals surface area contributed by atoms with Crippen LogP contribution in [-0.4, -0.2) is 76.0 Å². The van der Waals surface area contributed by atoms with Crippen LogP contribution in [0.1, 0.15) is 1.37 Å². The molecule has 7 nitrogen and oxygen atoms in total. The summed E-state index contributed by atoms with van der Waals surface area (Å²) in [7, 11) is 0. The summed E-state index contributed by atoms with van der Waals surface area (Å²) < 4.78 is 17.4. The molecule has 1 aliphatic rings. The van der Waals surface area contributed by atoms with Gasteiger partial charge in [-0.05, 0) is 12.2 Å². The molecule has 98 valence electrons. The van der Waals surface area contributed by atoms with E-state index in [4.69, 9.17) is 16.0 Å². The average Bonchev–Trinajstić information content (AvgIpc) is 2.35. The fraction of sp³-hybridized carbons (Fsp3) is 0.889. The first-order valence-electron chi connectivity index (χ1n) is 5.50. The van der Waals surface area contributed by atoms with Gasteiger partial charge in [-0.3, -0.25) is 0 Å². The molecule has 1 aliphatic heterocycles. The van der Waals surface area contributed by atoms with Crippen LogP contribution in [0.15, 0.2) is 4.99 Å². The van der Waals surface area contributed by atoms with Crippen molar-refractivity contribution in [2.24, 2.45) is 4.99 Å². The first-order valence-corrected chi connectivity index (χ1v) is 5.33. The highest BCUT2D eigenvalue weighted by atomic mass is 32.1. The summed E-state index contributed by atoms with van der Waals surface area (Å²) in [6, 6.07) is 0. The number of nitrogens with zero attached hydrogens (tertiary/aromatic N) is 1. The van der Waals surface area contributed by atoms with Gasteiger partial charge in [0, 0.05) is 0 Å². The van der Waals surface area contributed by atoms with Crippen LogP contribution in [0, 0.1) is 0 Å². The van der Waals surface area contributed by atoms with Gasteiger partial charge in [-0.15, -0.1) is 0 Å². The number of aliphatic hydroxyl groups is 4. The van der Waals surface area contributed by atoms with E-state index in [-0.39, 0.29) is 6.61 Å². The second kappa shape index (κ2) is 7.10. The summed E-state index contributed by atoms with van der Waals surface area (Å²) in [5.41, 5.74) is 0. The van der Waals surface area contributed by atoms with E-state index in [1.165, 1.54) is 0 Å². The molecule has 1 saturated heterocycles. The lowest BCUT2D eigenvalue weighted by Crippen LogP contribution is -2.59. The summed E-state index contributed by atoms with van der Waals surface area (Å²) in [5, 5.41) is 39.5. The molecule has 4 N–H and O–H groups in total. The Morgan fingerprint density at radius 1 is 1.35 bits per heavy atom. The molecule has 0 saturated carbocycles. The minimum atomic E-state index is -1.50. The van der Waals surface area contributed by atoms with Crippen molar-refractivity contribution in [3.8, 4) is 0 Å². The quantitative estimate of drug-likeness (QED) is 0.333. The first kappa shape index (κ1) is 13.0. The second-order valence-corrected chi connectivity index (χ2v) is 3.62. The molecule has 8 heteroatoms. The smallest absolute Gasteiger partial charge is 0.186 e. The van der Waals surface area contributed by atoms with Gasteiger partial charge in [0.25, 0.3) is 0 Å². The van der Waals surface area contributed by atoms with Crippen molar-refractivity contribution in [1.82, 2.24) is 0 Å². The molecule has 1 rings (SSSR count). The Morgan fingerprint density at radius 2 is 2.06 bits per heavy atom. The number of thiocarbonyl (C=S) groups is 1. The topological polar surface area (TPSA) is 112 Å². The van der Waals surface area contributed by atoms with Crippen LogP contribution in [0.25, 0.3) is 0 Å². The molecule has 6 atom stereocenters. The Hall–Kier alpha value is -0.440. The number of aliphatic hydroxyl groups excluding tert-OH is 4. The zero-order valence-corrected chi connectivity index (χ0v) is 9.66. The summed E-state index contributed by atoms with van der Waals surface area (Å²) in [5.74, 6) is 0. The number of rotatable bonds is 5. The molecule has 17 heavy (non-hydrogen) atoms. The van der Waals surface area contributed by atoms with Gasteiger partial charge in [0.05, 0.1) is 26.3 Å². The monoisotopic (exact) mass is 266 g/mol. The molecule has 2 unspecified atom stereocenters. The summed E-state index contributed by atoms with van der Waals surface area (Å²) in [4.78, 5) is 3.42. The normalized spacial score (nSPS) is 40.2. The van der Waals surface area contributed by atoms with Crippen molar-refractivity contribution >= 4 is 17.4 Å². The molecule has 0 amide bonds. The average molecular weight is 266 g/mol. The molecule has 0 bridgehead atoms. The summed E-state index contributed by atoms with van der Waals surface area (Å²) in [6.45, 7) is -1.78. The Kier molecular flexibility index (Phi) is 5.43. The van der Waals surface area contributed by atoms with Gasteiger partial charge in [-0.2, -0.15) is 0 Å². The molecular weight excluding hydrogens is 250 g/mol. The third kappa shape index (κ3) is 3.77. The predicted octanol–water partition coefficient (Wildman–Crippen LogP) is -2.09. The lowest BCUT2D eigenvalue weighted by Gasteiger charge is -2.39. The number of hydrogen-bond donors (Lipinski definition) is 4. The maximum atomic E-state index is 9.59. The largest absolute Gasteiger partial charge is 0.394 e. The Balaban J connectivity index is 2.56. The second-order valence-electron chi connectivity index (χ2n) is 3.43. The van der Waals surface area contributed by atoms with Gasteiger partial charge < -0.3 is 29.9 Å². The van der Waals surface area contributed by atoms with Crippen molar-refractivity contribution in [3.05, 3.63) is 0 Å². The van der Waals surface area contributed by atoms with E-state index in [1.807, 2.05) is 5.16 Å². The minimum Gasteiger partial charge on any atom is -0.394 e. The van der Waals surface area contributed by atoms with Gasteiger partial charge in [-0.1, -0.05) is 0 Å². The number of isothiocyanates is 1. The Bertz CT molecular complexity index is 313. The fourth-order valence-electron chi connectivity index (χ4n) is 1.42. The van der Waals surface area contributed by atoms with Crippen LogP contribution in [0.2, 0.25) is 0 Å². The molecule has 0 radical (unpaired) electrons. The first-order chi connectivity index (χ1) is 8.51. The van der Waals surface area contributed by atoms with Gasteiger partial charge in [-0.25, -0.2) is 4.99 Å². The van der Waals surface area contributed by atoms with E-state index in [1.54, 1.807) is 0 Å². The van der Waals surface area contributed by atoms with Crippen molar-refractivity contribution in [2.75, 3.05) is 19.7 Å². The van der Waals surface area contributed by atoms with E-state index in [0.29, 0.717) is 0 Å². The van der Waals surface area contributed by atoms with Gasteiger partial charge >= 0.3 is 0 Å². The maximum Gasteiger partial charge on any atom is 0.186 e. The van der Waals surface area contributed by atoms with Crippen molar-refractivity contribution in [1.29, 1.82) is 0 Å². The van der Waals surface area contributed by atoms with Crippen LogP contribution in [0.5, 0.6) is 0 Å². The van der Waals surface area contributed by atoms with Crippen molar-refractivity contribution in [2.45, 2.75) is 30.7 Å². The highest BCUT2D eigenvalue weighted by Crippen LogP contribution is 2.21. The predicted molar refractivity (Wildman–Crippen MR) is 59.6 cm³/mol. The Morgan fingerprint density at radius 3 is 2.65 bits per heavy atom. The molecule has 0 spiro atoms. The molecular formula is C9H15NO6S. The molecule has 1 fully saturated rings. The number of hydrogen-bond acceptors (Lipinski definition) is 8. The van der Waals surface area contributed by atoms with Crippen LogP contribution in [0.3, 0.4) is 0 Å². The van der Waals surface area contributed by atoms with E-state index in [2.05, 4.69) is 17.2 Å². The van der Waals surface area contributed by atoms with Gasteiger partial charge in [0.2, 0.25) is 0 Å². The molecule has 1 heterocycles. The third-order valence-electron chi connectivity index (χ3n) is 2.33. The highest BCUT2D eigenvalue weighted by Gasteiger charge is 2.43. The molecule has 0 aromatic rings. The van der Waals surface area contributed by atoms with Crippen LogP contribution < -0.4 is 0 Å². The lowest BCUT2D eigenvalue weighted by atomic mass is 9.99. The summed E-state index contributed by atoms with van der Waals surface area (Å²) in [6.07, 6.45) is -6.71. The minimum absolute atomic E-state index is 0.230. The lowest BCUT2D eigenvalue weighted by molar-refractivity contribution is -0.300. The molecule has 0 aromatic heterocycles. The van der Waals surface area contributed by atoms with Gasteiger partial charge in [0.15, 0.2) is 6.29 Å². The molecule has 0 aromatic carbocycles.